The Hall–Kier alpha value is -3.03. The van der Waals surface area contributed by atoms with Crippen LogP contribution in [0.5, 0.6) is 0 Å². The van der Waals surface area contributed by atoms with E-state index in [1.54, 1.807) is 6.20 Å². The standard InChI is InChI=1S/C22H25N5O2/c1-15-5-7-16(8-6-15)21-22(18-4-2-3-9-24-18)27-19(26-21)14-25-20(28)12-17-13-23-10-11-29-17/h2-9,17,23H,10-14H2,1H3,(H,25,28)(H,26,27)/t17-/m0/s1. The number of carbonyl (C=O) groups excluding carboxylic acids is 1. The highest BCUT2D eigenvalue weighted by Crippen LogP contribution is 2.29. The third-order valence-corrected chi connectivity index (χ3v) is 4.87. The zero-order valence-electron chi connectivity index (χ0n) is 16.4. The van der Waals surface area contributed by atoms with E-state index >= 15 is 0 Å². The lowest BCUT2D eigenvalue weighted by Crippen LogP contribution is -2.41. The van der Waals surface area contributed by atoms with Crippen molar-refractivity contribution in [3.8, 4) is 22.6 Å². The third-order valence-electron chi connectivity index (χ3n) is 4.87. The summed E-state index contributed by atoms with van der Waals surface area (Å²) in [6.07, 6.45) is 2.02. The maximum Gasteiger partial charge on any atom is 0.223 e. The SMILES string of the molecule is Cc1ccc(-c2nc(CNC(=O)C[C@H]3CNCCO3)[nH]c2-c2ccccn2)cc1. The number of hydrogen-bond donors (Lipinski definition) is 3. The molecule has 7 nitrogen and oxygen atoms in total. The maximum atomic E-state index is 12.3. The average Bonchev–Trinajstić information content (AvgIpc) is 3.18. The van der Waals surface area contributed by atoms with Gasteiger partial charge in [-0.1, -0.05) is 35.9 Å². The van der Waals surface area contributed by atoms with Gasteiger partial charge in [-0.05, 0) is 19.1 Å². The molecule has 1 saturated heterocycles. The van der Waals surface area contributed by atoms with Gasteiger partial charge in [0.05, 0.1) is 42.8 Å². The first-order valence-electron chi connectivity index (χ1n) is 9.85. The smallest absolute Gasteiger partial charge is 0.223 e. The lowest BCUT2D eigenvalue weighted by molar-refractivity contribution is -0.124. The molecule has 1 atom stereocenters. The van der Waals surface area contributed by atoms with Gasteiger partial charge in [-0.2, -0.15) is 0 Å². The lowest BCUT2D eigenvalue weighted by atomic mass is 10.1. The number of aryl methyl sites for hydroxylation is 1. The third kappa shape index (κ3) is 4.88. The van der Waals surface area contributed by atoms with Crippen molar-refractivity contribution in [1.29, 1.82) is 0 Å². The van der Waals surface area contributed by atoms with E-state index in [9.17, 15) is 4.79 Å². The van der Waals surface area contributed by atoms with Crippen LogP contribution in [-0.2, 0) is 16.1 Å². The van der Waals surface area contributed by atoms with Crippen molar-refractivity contribution in [3.63, 3.8) is 0 Å². The number of aromatic nitrogens is 3. The first-order chi connectivity index (χ1) is 14.2. The van der Waals surface area contributed by atoms with Gasteiger partial charge in [-0.15, -0.1) is 0 Å². The van der Waals surface area contributed by atoms with E-state index in [0.29, 0.717) is 31.9 Å². The van der Waals surface area contributed by atoms with E-state index in [1.165, 1.54) is 5.56 Å². The molecule has 7 heteroatoms. The number of H-pyrrole nitrogens is 1. The summed E-state index contributed by atoms with van der Waals surface area (Å²) in [6.45, 7) is 4.56. The summed E-state index contributed by atoms with van der Waals surface area (Å²) in [6, 6.07) is 14.0. The molecule has 1 aliphatic heterocycles. The van der Waals surface area contributed by atoms with Crippen LogP contribution in [0, 0.1) is 6.92 Å². The molecule has 0 aliphatic carbocycles. The van der Waals surface area contributed by atoms with Crippen molar-refractivity contribution in [2.75, 3.05) is 19.7 Å². The van der Waals surface area contributed by atoms with Crippen LogP contribution < -0.4 is 10.6 Å². The van der Waals surface area contributed by atoms with Gasteiger partial charge in [-0.25, -0.2) is 4.98 Å². The Kier molecular flexibility index (Phi) is 5.97. The first kappa shape index (κ1) is 19.3. The zero-order valence-corrected chi connectivity index (χ0v) is 16.4. The summed E-state index contributed by atoms with van der Waals surface area (Å²) in [5.41, 5.74) is 4.68. The second kappa shape index (κ2) is 8.98. The van der Waals surface area contributed by atoms with Crippen LogP contribution in [0.1, 0.15) is 17.8 Å². The first-order valence-corrected chi connectivity index (χ1v) is 9.85. The zero-order chi connectivity index (χ0) is 20.1. The van der Waals surface area contributed by atoms with Gasteiger partial charge in [-0.3, -0.25) is 9.78 Å². The number of morpholine rings is 1. The van der Waals surface area contributed by atoms with Crippen molar-refractivity contribution in [2.24, 2.45) is 0 Å². The number of nitrogens with one attached hydrogen (secondary N) is 3. The summed E-state index contributed by atoms with van der Waals surface area (Å²) in [5.74, 6) is 0.642. The minimum atomic E-state index is -0.0763. The van der Waals surface area contributed by atoms with Crippen molar-refractivity contribution >= 4 is 5.91 Å². The molecule has 4 rings (SSSR count). The number of nitrogens with zero attached hydrogens (tertiary/aromatic N) is 2. The molecule has 1 aliphatic rings. The Labute approximate surface area is 169 Å². The number of benzene rings is 1. The van der Waals surface area contributed by atoms with E-state index in [4.69, 9.17) is 9.72 Å². The number of carbonyl (C=O) groups is 1. The molecule has 0 bridgehead atoms. The van der Waals surface area contributed by atoms with Crippen LogP contribution in [-0.4, -0.2) is 46.7 Å². The van der Waals surface area contributed by atoms with Crippen molar-refractivity contribution in [2.45, 2.75) is 26.0 Å². The number of aromatic amines is 1. The average molecular weight is 391 g/mol. The summed E-state index contributed by atoms with van der Waals surface area (Å²) >= 11 is 0. The molecule has 3 heterocycles. The molecule has 0 radical (unpaired) electrons. The summed E-state index contributed by atoms with van der Waals surface area (Å²) < 4.78 is 5.59. The Bertz CT molecular complexity index is 947. The van der Waals surface area contributed by atoms with Crippen molar-refractivity contribution in [3.05, 3.63) is 60.0 Å². The summed E-state index contributed by atoms with van der Waals surface area (Å²) in [5, 5.41) is 6.17. The fourth-order valence-electron chi connectivity index (χ4n) is 3.33. The molecule has 29 heavy (non-hydrogen) atoms. The molecule has 2 aromatic heterocycles. The Morgan fingerprint density at radius 3 is 2.83 bits per heavy atom. The van der Waals surface area contributed by atoms with Crippen LogP contribution >= 0.6 is 0 Å². The van der Waals surface area contributed by atoms with Crippen LogP contribution in [0.2, 0.25) is 0 Å². The molecular weight excluding hydrogens is 366 g/mol. The van der Waals surface area contributed by atoms with E-state index in [0.717, 1.165) is 29.2 Å². The van der Waals surface area contributed by atoms with Gasteiger partial charge in [0.2, 0.25) is 5.91 Å². The predicted molar refractivity (Wildman–Crippen MR) is 111 cm³/mol. The van der Waals surface area contributed by atoms with Gasteiger partial charge in [0, 0.05) is 24.8 Å². The molecule has 3 aromatic rings. The lowest BCUT2D eigenvalue weighted by Gasteiger charge is -2.22. The molecule has 1 fully saturated rings. The van der Waals surface area contributed by atoms with Gasteiger partial charge >= 0.3 is 0 Å². The fourth-order valence-corrected chi connectivity index (χ4v) is 3.33. The van der Waals surface area contributed by atoms with Crippen molar-refractivity contribution < 1.29 is 9.53 Å². The van der Waals surface area contributed by atoms with Gasteiger partial charge in [0.15, 0.2) is 0 Å². The number of rotatable bonds is 6. The number of pyridine rings is 1. The minimum Gasteiger partial charge on any atom is -0.375 e. The van der Waals surface area contributed by atoms with Crippen LogP contribution in [0.4, 0.5) is 0 Å². The highest BCUT2D eigenvalue weighted by Gasteiger charge is 2.19. The number of amides is 1. The second-order valence-electron chi connectivity index (χ2n) is 7.17. The van der Waals surface area contributed by atoms with Crippen molar-refractivity contribution in [1.82, 2.24) is 25.6 Å². The van der Waals surface area contributed by atoms with Gasteiger partial charge in [0.1, 0.15) is 5.82 Å². The number of hydrogen-bond acceptors (Lipinski definition) is 5. The van der Waals surface area contributed by atoms with Crippen LogP contribution in [0.25, 0.3) is 22.6 Å². The normalized spacial score (nSPS) is 16.5. The van der Waals surface area contributed by atoms with Gasteiger partial charge in [0.25, 0.3) is 0 Å². The molecule has 0 spiro atoms. The molecule has 0 unspecified atom stereocenters. The molecule has 0 saturated carbocycles. The summed E-state index contributed by atoms with van der Waals surface area (Å²) in [7, 11) is 0. The number of ether oxygens (including phenoxy) is 1. The predicted octanol–water partition coefficient (Wildman–Crippen LogP) is 2.44. The fraction of sp³-hybridized carbons (Fsp3) is 0.318. The van der Waals surface area contributed by atoms with E-state index in [-0.39, 0.29) is 12.0 Å². The maximum absolute atomic E-state index is 12.3. The van der Waals surface area contributed by atoms with Crippen LogP contribution in [0.15, 0.2) is 48.7 Å². The second-order valence-corrected chi connectivity index (χ2v) is 7.17. The summed E-state index contributed by atoms with van der Waals surface area (Å²) in [4.78, 5) is 24.8. The topological polar surface area (TPSA) is 91.9 Å². The molecule has 1 amide bonds. The largest absolute Gasteiger partial charge is 0.375 e. The molecule has 150 valence electrons. The minimum absolute atomic E-state index is 0.0497. The Balaban J connectivity index is 1.51. The van der Waals surface area contributed by atoms with E-state index in [1.807, 2.05) is 30.3 Å². The Morgan fingerprint density at radius 2 is 2.10 bits per heavy atom. The van der Waals surface area contributed by atoms with E-state index < -0.39 is 0 Å². The number of imidazole rings is 1. The highest BCUT2D eigenvalue weighted by atomic mass is 16.5. The van der Waals surface area contributed by atoms with Gasteiger partial charge < -0.3 is 20.4 Å². The van der Waals surface area contributed by atoms with Crippen LogP contribution in [0.3, 0.4) is 0 Å². The Morgan fingerprint density at radius 1 is 1.24 bits per heavy atom. The molecule has 1 aromatic carbocycles. The van der Waals surface area contributed by atoms with E-state index in [2.05, 4.69) is 39.7 Å². The molecular formula is C22H25N5O2. The quantitative estimate of drug-likeness (QED) is 0.600. The monoisotopic (exact) mass is 391 g/mol. The highest BCUT2D eigenvalue weighted by molar-refractivity contribution is 5.78. The molecule has 3 N–H and O–H groups in total.